The maximum absolute atomic E-state index is 13.0. The zero-order valence-corrected chi connectivity index (χ0v) is 13.1. The monoisotopic (exact) mass is 315 g/mol. The van der Waals surface area contributed by atoms with Crippen molar-refractivity contribution in [2.24, 2.45) is 0 Å². The second-order valence-electron chi connectivity index (χ2n) is 5.95. The van der Waals surface area contributed by atoms with E-state index in [4.69, 9.17) is 5.73 Å². The predicted molar refractivity (Wildman–Crippen MR) is 91.2 cm³/mol. The fourth-order valence-corrected chi connectivity index (χ4v) is 2.90. The van der Waals surface area contributed by atoms with Crippen LogP contribution in [0.1, 0.15) is 38.5 Å². The van der Waals surface area contributed by atoms with Crippen molar-refractivity contribution in [3.63, 3.8) is 0 Å². The van der Waals surface area contributed by atoms with Gasteiger partial charge in [-0.2, -0.15) is 0 Å². The molecule has 1 fully saturated rings. The number of hydrogen-bond donors (Lipinski definition) is 3. The number of anilines is 4. The molecule has 1 aliphatic carbocycles. The highest BCUT2D eigenvalue weighted by atomic mass is 19.1. The molecule has 0 aliphatic heterocycles. The molecule has 122 valence electrons. The Morgan fingerprint density at radius 1 is 0.957 bits per heavy atom. The lowest BCUT2D eigenvalue weighted by Crippen LogP contribution is -2.20. The van der Waals surface area contributed by atoms with Crippen molar-refractivity contribution < 1.29 is 4.39 Å². The van der Waals surface area contributed by atoms with Gasteiger partial charge in [0.1, 0.15) is 17.8 Å². The molecule has 5 nitrogen and oxygen atoms in total. The van der Waals surface area contributed by atoms with Crippen LogP contribution in [0.3, 0.4) is 0 Å². The highest BCUT2D eigenvalue weighted by molar-refractivity contribution is 5.77. The third-order valence-electron chi connectivity index (χ3n) is 4.19. The largest absolute Gasteiger partial charge is 0.393 e. The van der Waals surface area contributed by atoms with Crippen molar-refractivity contribution in [3.05, 3.63) is 36.4 Å². The molecule has 3 rings (SSSR count). The summed E-state index contributed by atoms with van der Waals surface area (Å²) in [4.78, 5) is 8.46. The summed E-state index contributed by atoms with van der Waals surface area (Å²) in [6.07, 6.45) is 8.85. The van der Waals surface area contributed by atoms with Crippen molar-refractivity contribution >= 4 is 23.0 Å². The van der Waals surface area contributed by atoms with Crippen LogP contribution in [0, 0.1) is 5.82 Å². The zero-order valence-electron chi connectivity index (χ0n) is 13.1. The van der Waals surface area contributed by atoms with Crippen LogP contribution in [0.2, 0.25) is 0 Å². The molecule has 2 aromatic rings. The molecule has 0 radical (unpaired) electrons. The van der Waals surface area contributed by atoms with Gasteiger partial charge >= 0.3 is 0 Å². The minimum absolute atomic E-state index is 0.276. The first-order valence-electron chi connectivity index (χ1n) is 8.12. The first-order valence-corrected chi connectivity index (χ1v) is 8.12. The van der Waals surface area contributed by atoms with E-state index in [1.54, 1.807) is 12.1 Å². The molecule has 1 heterocycles. The van der Waals surface area contributed by atoms with E-state index in [2.05, 4.69) is 20.6 Å². The molecule has 4 N–H and O–H groups in total. The Labute approximate surface area is 135 Å². The summed E-state index contributed by atoms with van der Waals surface area (Å²) in [6.45, 7) is 0. The molecule has 1 aromatic heterocycles. The van der Waals surface area contributed by atoms with Crippen LogP contribution in [-0.2, 0) is 0 Å². The van der Waals surface area contributed by atoms with E-state index in [9.17, 15) is 4.39 Å². The molecule has 0 atom stereocenters. The van der Waals surface area contributed by atoms with Gasteiger partial charge in [0.25, 0.3) is 0 Å². The molecule has 1 aromatic carbocycles. The van der Waals surface area contributed by atoms with Gasteiger partial charge in [0, 0.05) is 11.7 Å². The molecule has 6 heteroatoms. The molecule has 0 unspecified atom stereocenters. The van der Waals surface area contributed by atoms with Gasteiger partial charge in [-0.25, -0.2) is 14.4 Å². The average Bonchev–Trinajstić information content (AvgIpc) is 2.82. The van der Waals surface area contributed by atoms with E-state index in [0.717, 1.165) is 18.5 Å². The van der Waals surface area contributed by atoms with E-state index in [-0.39, 0.29) is 5.82 Å². The number of halogens is 1. The summed E-state index contributed by atoms with van der Waals surface area (Å²) >= 11 is 0. The first-order chi connectivity index (χ1) is 11.2. The fourth-order valence-electron chi connectivity index (χ4n) is 2.90. The lowest BCUT2D eigenvalue weighted by Gasteiger charge is -2.19. The highest BCUT2D eigenvalue weighted by Crippen LogP contribution is 2.28. The van der Waals surface area contributed by atoms with Crippen molar-refractivity contribution in [1.82, 2.24) is 9.97 Å². The lowest BCUT2D eigenvalue weighted by atomic mass is 10.1. The Morgan fingerprint density at radius 3 is 2.30 bits per heavy atom. The van der Waals surface area contributed by atoms with Gasteiger partial charge < -0.3 is 16.4 Å². The molecule has 1 aliphatic rings. The van der Waals surface area contributed by atoms with E-state index in [1.165, 1.54) is 44.1 Å². The number of nitrogens with two attached hydrogens (primary N) is 1. The van der Waals surface area contributed by atoms with E-state index in [1.807, 2.05) is 0 Å². The topological polar surface area (TPSA) is 75.9 Å². The number of rotatable bonds is 4. The number of nitrogens with one attached hydrogen (secondary N) is 2. The summed E-state index contributed by atoms with van der Waals surface area (Å²) in [6, 6.07) is 6.49. The smallest absolute Gasteiger partial charge is 0.159 e. The number of nitrogens with zero attached hydrogens (tertiary/aromatic N) is 2. The van der Waals surface area contributed by atoms with Crippen molar-refractivity contribution in [3.8, 4) is 0 Å². The molecule has 1 saturated carbocycles. The number of benzene rings is 1. The standard InChI is InChI=1S/C17H22FN5/c18-12-7-9-14(10-8-12)23-17-15(19)16(20-11-21-17)22-13-5-3-1-2-4-6-13/h7-11,13H,1-6,19H2,(H2,20,21,22,23). The van der Waals surface area contributed by atoms with Crippen LogP contribution in [0.5, 0.6) is 0 Å². The predicted octanol–water partition coefficient (Wildman–Crippen LogP) is 4.08. The SMILES string of the molecule is Nc1c(Nc2ccc(F)cc2)ncnc1NC1CCCCCC1. The van der Waals surface area contributed by atoms with Gasteiger partial charge in [-0.1, -0.05) is 25.7 Å². The minimum atomic E-state index is -0.276. The summed E-state index contributed by atoms with van der Waals surface area (Å²) < 4.78 is 13.0. The van der Waals surface area contributed by atoms with Gasteiger partial charge in [-0.3, -0.25) is 0 Å². The van der Waals surface area contributed by atoms with Crippen LogP contribution in [0.25, 0.3) is 0 Å². The molecule has 0 bridgehead atoms. The Morgan fingerprint density at radius 2 is 1.61 bits per heavy atom. The quantitative estimate of drug-likeness (QED) is 0.741. The van der Waals surface area contributed by atoms with Crippen LogP contribution < -0.4 is 16.4 Å². The lowest BCUT2D eigenvalue weighted by molar-refractivity contribution is 0.618. The van der Waals surface area contributed by atoms with Crippen molar-refractivity contribution in [2.75, 3.05) is 16.4 Å². The van der Waals surface area contributed by atoms with E-state index >= 15 is 0 Å². The Bertz CT molecular complexity index is 636. The molecule has 23 heavy (non-hydrogen) atoms. The summed E-state index contributed by atoms with van der Waals surface area (Å²) in [5.74, 6) is 0.918. The van der Waals surface area contributed by atoms with Crippen molar-refractivity contribution in [1.29, 1.82) is 0 Å². The normalized spacial score (nSPS) is 15.9. The Kier molecular flexibility index (Phi) is 4.90. The fraction of sp³-hybridized carbons (Fsp3) is 0.412. The molecule has 0 spiro atoms. The Hall–Kier alpha value is -2.37. The van der Waals surface area contributed by atoms with Gasteiger partial charge in [-0.05, 0) is 37.1 Å². The number of hydrogen-bond acceptors (Lipinski definition) is 5. The maximum Gasteiger partial charge on any atom is 0.159 e. The molecule has 0 saturated heterocycles. The Balaban J connectivity index is 1.73. The molecular weight excluding hydrogens is 293 g/mol. The van der Waals surface area contributed by atoms with Crippen LogP contribution >= 0.6 is 0 Å². The summed E-state index contributed by atoms with van der Waals surface area (Å²) in [5, 5.41) is 6.55. The van der Waals surface area contributed by atoms with E-state index in [0.29, 0.717) is 23.4 Å². The van der Waals surface area contributed by atoms with Crippen LogP contribution in [-0.4, -0.2) is 16.0 Å². The zero-order chi connectivity index (χ0) is 16.1. The van der Waals surface area contributed by atoms with Crippen molar-refractivity contribution in [2.45, 2.75) is 44.6 Å². The van der Waals surface area contributed by atoms with Gasteiger partial charge in [0.2, 0.25) is 0 Å². The second-order valence-corrected chi connectivity index (χ2v) is 5.95. The van der Waals surface area contributed by atoms with Gasteiger partial charge in [0.05, 0.1) is 0 Å². The number of nitrogen functional groups attached to an aromatic ring is 1. The van der Waals surface area contributed by atoms with Gasteiger partial charge in [-0.15, -0.1) is 0 Å². The third kappa shape index (κ3) is 4.09. The number of aromatic nitrogens is 2. The third-order valence-corrected chi connectivity index (χ3v) is 4.19. The maximum atomic E-state index is 13.0. The van der Waals surface area contributed by atoms with E-state index < -0.39 is 0 Å². The molecular formula is C17H22FN5. The average molecular weight is 315 g/mol. The van der Waals surface area contributed by atoms with Crippen LogP contribution in [0.4, 0.5) is 27.4 Å². The van der Waals surface area contributed by atoms with Gasteiger partial charge in [0.15, 0.2) is 11.6 Å². The molecule has 0 amide bonds. The highest BCUT2D eigenvalue weighted by Gasteiger charge is 2.15. The minimum Gasteiger partial charge on any atom is -0.393 e. The summed E-state index contributed by atoms with van der Waals surface area (Å²) in [7, 11) is 0. The first kappa shape index (κ1) is 15.5. The van der Waals surface area contributed by atoms with Crippen LogP contribution in [0.15, 0.2) is 30.6 Å². The second kappa shape index (κ2) is 7.26. The summed E-state index contributed by atoms with van der Waals surface area (Å²) in [5.41, 5.74) is 7.41.